The summed E-state index contributed by atoms with van der Waals surface area (Å²) >= 11 is 0. The van der Waals surface area contributed by atoms with Crippen LogP contribution < -0.4 is 10.2 Å². The zero-order valence-electron chi connectivity index (χ0n) is 15.8. The second-order valence-electron chi connectivity index (χ2n) is 7.97. The lowest BCUT2D eigenvalue weighted by molar-refractivity contribution is -0.117. The van der Waals surface area contributed by atoms with Crippen LogP contribution in [0.15, 0.2) is 29.3 Å². The van der Waals surface area contributed by atoms with E-state index in [9.17, 15) is 4.79 Å². The maximum Gasteiger partial charge on any atom is 0.248 e. The van der Waals surface area contributed by atoms with Crippen molar-refractivity contribution in [3.8, 4) is 0 Å². The number of nitrogens with one attached hydrogen (secondary N) is 1. The predicted molar refractivity (Wildman–Crippen MR) is 106 cm³/mol. The van der Waals surface area contributed by atoms with Crippen molar-refractivity contribution in [3.05, 3.63) is 29.8 Å². The van der Waals surface area contributed by atoms with Gasteiger partial charge in [0.1, 0.15) is 6.54 Å². The number of hydrogen-bond acceptors (Lipinski definition) is 2. The number of nitrogens with zero attached hydrogens (tertiary/aromatic N) is 3. The van der Waals surface area contributed by atoms with Gasteiger partial charge in [-0.05, 0) is 56.1 Å². The third-order valence-electron chi connectivity index (χ3n) is 6.26. The molecular weight excluding hydrogens is 324 g/mol. The number of aliphatic imine (C=N–C) groups is 1. The Kier molecular flexibility index (Phi) is 4.88. The maximum absolute atomic E-state index is 12.9. The van der Waals surface area contributed by atoms with Crippen molar-refractivity contribution in [2.24, 2.45) is 10.4 Å². The van der Waals surface area contributed by atoms with Gasteiger partial charge in [-0.1, -0.05) is 24.6 Å². The first-order chi connectivity index (χ1) is 12.7. The average Bonchev–Trinajstić information content (AvgIpc) is 3.10. The van der Waals surface area contributed by atoms with Gasteiger partial charge in [-0.15, -0.1) is 0 Å². The second-order valence-corrected chi connectivity index (χ2v) is 7.97. The predicted octanol–water partition coefficient (Wildman–Crippen LogP) is 2.81. The van der Waals surface area contributed by atoms with Crippen LogP contribution in [0.3, 0.4) is 0 Å². The standard InChI is InChI=1S/C21H30N4O/c1-2-22-20(24-14-12-21(16-24)10-6-11-21)23-15-19(26)25-13-5-8-17-7-3-4-9-18(17)25/h3-4,7,9H,2,5-6,8,10-16H2,1H3,(H,22,23). The van der Waals surface area contributed by atoms with Gasteiger partial charge in [0, 0.05) is 31.9 Å². The zero-order valence-corrected chi connectivity index (χ0v) is 15.8. The first-order valence-electron chi connectivity index (χ1n) is 10.1. The summed E-state index contributed by atoms with van der Waals surface area (Å²) in [5.41, 5.74) is 2.87. The fourth-order valence-corrected chi connectivity index (χ4v) is 4.65. The molecule has 0 atom stereocenters. The van der Waals surface area contributed by atoms with E-state index >= 15 is 0 Å². The van der Waals surface area contributed by atoms with E-state index in [1.54, 1.807) is 0 Å². The maximum atomic E-state index is 12.9. The Labute approximate surface area is 156 Å². The number of fused-ring (bicyclic) bond motifs is 1. The van der Waals surface area contributed by atoms with Gasteiger partial charge in [-0.25, -0.2) is 4.99 Å². The third-order valence-corrected chi connectivity index (χ3v) is 6.26. The summed E-state index contributed by atoms with van der Waals surface area (Å²) in [6.07, 6.45) is 7.43. The van der Waals surface area contributed by atoms with Gasteiger partial charge in [-0.3, -0.25) is 4.79 Å². The molecule has 140 valence electrons. The molecule has 4 rings (SSSR count). The molecule has 0 radical (unpaired) electrons. The minimum atomic E-state index is 0.102. The number of likely N-dealkylation sites (tertiary alicyclic amines) is 1. The topological polar surface area (TPSA) is 47.9 Å². The van der Waals surface area contributed by atoms with Crippen LogP contribution in [0.2, 0.25) is 0 Å². The van der Waals surface area contributed by atoms with Crippen LogP contribution in [-0.2, 0) is 11.2 Å². The van der Waals surface area contributed by atoms with E-state index in [1.165, 1.54) is 31.2 Å². The molecule has 5 nitrogen and oxygen atoms in total. The number of para-hydroxylation sites is 1. The Balaban J connectivity index is 1.44. The van der Waals surface area contributed by atoms with E-state index < -0.39 is 0 Å². The van der Waals surface area contributed by atoms with Crippen LogP contribution in [0.5, 0.6) is 0 Å². The molecule has 1 aliphatic carbocycles. The summed E-state index contributed by atoms with van der Waals surface area (Å²) in [5, 5.41) is 3.39. The smallest absolute Gasteiger partial charge is 0.248 e. The molecule has 1 saturated carbocycles. The van der Waals surface area contributed by atoms with Crippen molar-refractivity contribution in [2.45, 2.75) is 45.4 Å². The zero-order chi connectivity index (χ0) is 18.0. The van der Waals surface area contributed by atoms with Crippen molar-refractivity contribution in [1.29, 1.82) is 0 Å². The van der Waals surface area contributed by atoms with E-state index in [0.29, 0.717) is 5.41 Å². The van der Waals surface area contributed by atoms with Crippen LogP contribution in [-0.4, -0.2) is 49.5 Å². The van der Waals surface area contributed by atoms with Crippen molar-refractivity contribution in [2.75, 3.05) is 37.6 Å². The first-order valence-corrected chi connectivity index (χ1v) is 10.1. The SMILES string of the molecule is CCNC(=NCC(=O)N1CCCc2ccccc21)N1CCC2(CCC2)C1. The number of aryl methyl sites for hydroxylation is 1. The molecule has 1 saturated heterocycles. The Morgan fingerprint density at radius 1 is 1.19 bits per heavy atom. The number of guanidine groups is 1. The van der Waals surface area contributed by atoms with Gasteiger partial charge in [0.25, 0.3) is 0 Å². The van der Waals surface area contributed by atoms with Gasteiger partial charge in [0.15, 0.2) is 5.96 Å². The number of benzene rings is 1. The molecular formula is C21H30N4O. The number of anilines is 1. The highest BCUT2D eigenvalue weighted by molar-refractivity contribution is 5.97. The second kappa shape index (κ2) is 7.29. The van der Waals surface area contributed by atoms with Crippen molar-refractivity contribution in [1.82, 2.24) is 10.2 Å². The van der Waals surface area contributed by atoms with Crippen LogP contribution >= 0.6 is 0 Å². The fourth-order valence-electron chi connectivity index (χ4n) is 4.65. The molecule has 1 aromatic carbocycles. The van der Waals surface area contributed by atoms with Gasteiger partial charge < -0.3 is 15.1 Å². The average molecular weight is 354 g/mol. The molecule has 1 spiro atoms. The molecule has 0 aromatic heterocycles. The number of carbonyl (C=O) groups is 1. The molecule has 1 amide bonds. The van der Waals surface area contributed by atoms with E-state index in [0.717, 1.165) is 50.7 Å². The van der Waals surface area contributed by atoms with Crippen LogP contribution in [0, 0.1) is 5.41 Å². The Morgan fingerprint density at radius 2 is 2.04 bits per heavy atom. The van der Waals surface area contributed by atoms with Gasteiger partial charge >= 0.3 is 0 Å². The first kappa shape index (κ1) is 17.4. The van der Waals surface area contributed by atoms with Gasteiger partial charge in [-0.2, -0.15) is 0 Å². The summed E-state index contributed by atoms with van der Waals surface area (Å²) in [7, 11) is 0. The highest BCUT2D eigenvalue weighted by Crippen LogP contribution is 2.47. The molecule has 0 bridgehead atoms. The Bertz CT molecular complexity index is 695. The Morgan fingerprint density at radius 3 is 2.77 bits per heavy atom. The van der Waals surface area contributed by atoms with E-state index in [1.807, 2.05) is 11.0 Å². The normalized spacial score (nSPS) is 21.5. The molecule has 26 heavy (non-hydrogen) atoms. The van der Waals surface area contributed by atoms with Crippen LogP contribution in [0.25, 0.3) is 0 Å². The number of carbonyl (C=O) groups excluding carboxylic acids is 1. The van der Waals surface area contributed by atoms with E-state index in [4.69, 9.17) is 4.99 Å². The molecule has 1 N–H and O–H groups in total. The molecule has 3 aliphatic rings. The quantitative estimate of drug-likeness (QED) is 0.671. The van der Waals surface area contributed by atoms with Gasteiger partial charge in [0.2, 0.25) is 5.91 Å². The lowest BCUT2D eigenvalue weighted by atomic mass is 9.68. The third kappa shape index (κ3) is 3.31. The molecule has 0 unspecified atom stereocenters. The number of rotatable bonds is 3. The molecule has 2 aliphatic heterocycles. The molecule has 5 heteroatoms. The van der Waals surface area contributed by atoms with E-state index in [-0.39, 0.29) is 12.5 Å². The lowest BCUT2D eigenvalue weighted by Crippen LogP contribution is -2.43. The summed E-state index contributed by atoms with van der Waals surface area (Å²) in [5.74, 6) is 1.01. The highest BCUT2D eigenvalue weighted by Gasteiger charge is 2.43. The van der Waals surface area contributed by atoms with Crippen molar-refractivity contribution < 1.29 is 4.79 Å². The van der Waals surface area contributed by atoms with Crippen LogP contribution in [0.1, 0.15) is 44.6 Å². The molecule has 1 aromatic rings. The van der Waals surface area contributed by atoms with Gasteiger partial charge in [0.05, 0.1) is 0 Å². The molecule has 2 fully saturated rings. The highest BCUT2D eigenvalue weighted by atomic mass is 16.2. The Hall–Kier alpha value is -2.04. The van der Waals surface area contributed by atoms with Crippen molar-refractivity contribution in [3.63, 3.8) is 0 Å². The number of amides is 1. The van der Waals surface area contributed by atoms with Crippen LogP contribution in [0.4, 0.5) is 5.69 Å². The minimum absolute atomic E-state index is 0.102. The summed E-state index contributed by atoms with van der Waals surface area (Å²) in [6, 6.07) is 8.25. The van der Waals surface area contributed by atoms with E-state index in [2.05, 4.69) is 35.3 Å². The summed E-state index contributed by atoms with van der Waals surface area (Å²) < 4.78 is 0. The molecule has 2 heterocycles. The summed E-state index contributed by atoms with van der Waals surface area (Å²) in [6.45, 7) is 6.11. The minimum Gasteiger partial charge on any atom is -0.357 e. The largest absolute Gasteiger partial charge is 0.357 e. The lowest BCUT2D eigenvalue weighted by Gasteiger charge is -2.38. The fraction of sp³-hybridized carbons (Fsp3) is 0.619. The van der Waals surface area contributed by atoms with Crippen molar-refractivity contribution >= 4 is 17.6 Å². The number of hydrogen-bond donors (Lipinski definition) is 1. The monoisotopic (exact) mass is 354 g/mol. The summed E-state index contributed by atoms with van der Waals surface area (Å²) in [4.78, 5) is 21.8.